The third-order valence-electron chi connectivity index (χ3n) is 6.42. The second-order valence-corrected chi connectivity index (χ2v) is 9.23. The first-order valence-corrected chi connectivity index (χ1v) is 12.0. The second-order valence-electron chi connectivity index (χ2n) is 8.83. The van der Waals surface area contributed by atoms with Gasteiger partial charge in [0.1, 0.15) is 11.5 Å². The molecule has 4 aromatic rings. The first-order valence-electron chi connectivity index (χ1n) is 11.6. The Morgan fingerprint density at radius 3 is 2.31 bits per heavy atom. The Hall–Kier alpha value is -3.64. The molecule has 1 aromatic heterocycles. The molecule has 5 nitrogen and oxygen atoms in total. The van der Waals surface area contributed by atoms with E-state index in [0.29, 0.717) is 48.3 Å². The molecular formula is C28H26ClFN4O. The fourth-order valence-corrected chi connectivity index (χ4v) is 4.81. The summed E-state index contributed by atoms with van der Waals surface area (Å²) in [6, 6.07) is 22.1. The lowest BCUT2D eigenvalue weighted by Gasteiger charge is -2.36. The fourth-order valence-electron chi connectivity index (χ4n) is 4.58. The third-order valence-corrected chi connectivity index (χ3v) is 6.75. The predicted octanol–water partition coefficient (Wildman–Crippen LogP) is 5.91. The number of aromatic nitrogens is 2. The summed E-state index contributed by atoms with van der Waals surface area (Å²) in [7, 11) is 0. The molecule has 0 aliphatic carbocycles. The molecule has 5 rings (SSSR count). The Balaban J connectivity index is 1.48. The molecule has 178 valence electrons. The minimum atomic E-state index is -0.246. The van der Waals surface area contributed by atoms with Crippen molar-refractivity contribution in [1.82, 2.24) is 14.7 Å². The zero-order valence-corrected chi connectivity index (χ0v) is 20.5. The van der Waals surface area contributed by atoms with Crippen LogP contribution in [0.5, 0.6) is 0 Å². The number of halogens is 2. The highest BCUT2D eigenvalue weighted by atomic mass is 35.5. The molecule has 2 heterocycles. The molecule has 0 bridgehead atoms. The molecule has 7 heteroatoms. The van der Waals surface area contributed by atoms with Crippen molar-refractivity contribution >= 4 is 23.2 Å². The van der Waals surface area contributed by atoms with Gasteiger partial charge in [-0.1, -0.05) is 59.6 Å². The average molecular weight is 489 g/mol. The summed E-state index contributed by atoms with van der Waals surface area (Å²) in [6.45, 7) is 6.15. The quantitative estimate of drug-likeness (QED) is 0.358. The summed E-state index contributed by atoms with van der Waals surface area (Å²) >= 11 is 6.45. The van der Waals surface area contributed by atoms with Gasteiger partial charge in [0.25, 0.3) is 5.91 Å². The first kappa shape index (κ1) is 23.1. The van der Waals surface area contributed by atoms with Crippen LogP contribution in [-0.4, -0.2) is 46.8 Å². The fraction of sp³-hybridized carbons (Fsp3) is 0.214. The van der Waals surface area contributed by atoms with E-state index in [2.05, 4.69) is 6.07 Å². The van der Waals surface area contributed by atoms with Crippen LogP contribution in [0.25, 0.3) is 16.9 Å². The lowest BCUT2D eigenvalue weighted by atomic mass is 10.1. The maximum Gasteiger partial charge on any atom is 0.272 e. The highest BCUT2D eigenvalue weighted by Gasteiger charge is 2.27. The highest BCUT2D eigenvalue weighted by Crippen LogP contribution is 2.30. The van der Waals surface area contributed by atoms with Crippen LogP contribution in [0, 0.1) is 19.7 Å². The highest BCUT2D eigenvalue weighted by molar-refractivity contribution is 6.33. The molecule has 1 amide bonds. The van der Waals surface area contributed by atoms with Crippen LogP contribution in [0.15, 0.2) is 72.8 Å². The van der Waals surface area contributed by atoms with Gasteiger partial charge in [0.2, 0.25) is 0 Å². The van der Waals surface area contributed by atoms with Crippen LogP contribution in [-0.2, 0) is 0 Å². The van der Waals surface area contributed by atoms with Crippen molar-refractivity contribution in [3.05, 3.63) is 100 Å². The van der Waals surface area contributed by atoms with Crippen LogP contribution < -0.4 is 4.90 Å². The van der Waals surface area contributed by atoms with E-state index in [9.17, 15) is 9.18 Å². The lowest BCUT2D eigenvalue weighted by molar-refractivity contribution is 0.0737. The van der Waals surface area contributed by atoms with Gasteiger partial charge in [0, 0.05) is 31.7 Å². The van der Waals surface area contributed by atoms with E-state index in [1.54, 1.807) is 16.8 Å². The van der Waals surface area contributed by atoms with E-state index in [1.165, 1.54) is 6.07 Å². The van der Waals surface area contributed by atoms with Crippen molar-refractivity contribution in [2.75, 3.05) is 31.1 Å². The minimum Gasteiger partial charge on any atom is -0.366 e. The first-order chi connectivity index (χ1) is 16.9. The number of piperazine rings is 1. The summed E-state index contributed by atoms with van der Waals surface area (Å²) in [5.41, 5.74) is 5.48. The van der Waals surface area contributed by atoms with Gasteiger partial charge < -0.3 is 9.80 Å². The third kappa shape index (κ3) is 4.54. The molecule has 0 radical (unpaired) electrons. The van der Waals surface area contributed by atoms with E-state index in [1.807, 2.05) is 72.2 Å². The van der Waals surface area contributed by atoms with Crippen molar-refractivity contribution in [1.29, 1.82) is 0 Å². The zero-order valence-electron chi connectivity index (χ0n) is 19.7. The number of amides is 1. The van der Waals surface area contributed by atoms with E-state index in [0.717, 1.165) is 22.4 Å². The Kier molecular flexibility index (Phi) is 6.31. The number of hydrogen-bond donors (Lipinski definition) is 0. The van der Waals surface area contributed by atoms with Crippen molar-refractivity contribution in [2.24, 2.45) is 0 Å². The molecule has 0 atom stereocenters. The largest absolute Gasteiger partial charge is 0.366 e. The van der Waals surface area contributed by atoms with E-state index < -0.39 is 0 Å². The number of carbonyl (C=O) groups excluding carboxylic acids is 1. The van der Waals surface area contributed by atoms with Gasteiger partial charge in [-0.25, -0.2) is 9.07 Å². The SMILES string of the molecule is Cc1ccc(-n2nc(-c3ccccc3Cl)cc2C(=O)N2CCN(c3ccccc3F)CC2)c(C)c1. The van der Waals surface area contributed by atoms with Crippen LogP contribution in [0.2, 0.25) is 5.02 Å². The Labute approximate surface area is 209 Å². The number of hydrogen-bond acceptors (Lipinski definition) is 3. The Morgan fingerprint density at radius 2 is 1.60 bits per heavy atom. The average Bonchev–Trinajstić information content (AvgIpc) is 3.29. The molecule has 0 unspecified atom stereocenters. The molecule has 1 aliphatic heterocycles. The van der Waals surface area contributed by atoms with Crippen LogP contribution in [0.1, 0.15) is 21.6 Å². The number of benzene rings is 3. The van der Waals surface area contributed by atoms with Gasteiger partial charge in [-0.3, -0.25) is 4.79 Å². The smallest absolute Gasteiger partial charge is 0.272 e. The monoisotopic (exact) mass is 488 g/mol. The van der Waals surface area contributed by atoms with Crippen molar-refractivity contribution in [3.8, 4) is 16.9 Å². The molecule has 0 spiro atoms. The summed E-state index contributed by atoms with van der Waals surface area (Å²) in [5.74, 6) is -0.353. The standard InChI is InChI=1S/C28H26ClFN4O/c1-19-11-12-25(20(2)17-19)34-27(18-24(31-34)21-7-3-4-8-22(21)29)28(35)33-15-13-32(14-16-33)26-10-6-5-9-23(26)30/h3-12,17-18H,13-16H2,1-2H3. The number of aryl methyl sites for hydroxylation is 2. The van der Waals surface area contributed by atoms with Gasteiger partial charge in [-0.2, -0.15) is 5.10 Å². The van der Waals surface area contributed by atoms with Gasteiger partial charge in [0.15, 0.2) is 0 Å². The number of nitrogens with zero attached hydrogens (tertiary/aromatic N) is 4. The summed E-state index contributed by atoms with van der Waals surface area (Å²) < 4.78 is 16.0. The van der Waals surface area contributed by atoms with Crippen molar-refractivity contribution in [3.63, 3.8) is 0 Å². The summed E-state index contributed by atoms with van der Waals surface area (Å²) in [4.78, 5) is 17.5. The summed E-state index contributed by atoms with van der Waals surface area (Å²) in [5, 5.41) is 5.40. The number of rotatable bonds is 4. The maximum atomic E-state index is 14.3. The minimum absolute atomic E-state index is 0.107. The van der Waals surface area contributed by atoms with E-state index in [-0.39, 0.29) is 11.7 Å². The van der Waals surface area contributed by atoms with Gasteiger partial charge >= 0.3 is 0 Å². The zero-order chi connectivity index (χ0) is 24.5. The van der Waals surface area contributed by atoms with Crippen LogP contribution in [0.3, 0.4) is 0 Å². The number of anilines is 1. The van der Waals surface area contributed by atoms with Gasteiger partial charge in [0.05, 0.1) is 22.1 Å². The van der Waals surface area contributed by atoms with Crippen LogP contribution in [0.4, 0.5) is 10.1 Å². The predicted molar refractivity (Wildman–Crippen MR) is 138 cm³/mol. The Bertz CT molecular complexity index is 1390. The molecule has 3 aromatic carbocycles. The molecule has 0 saturated carbocycles. The Morgan fingerprint density at radius 1 is 0.886 bits per heavy atom. The van der Waals surface area contributed by atoms with Crippen molar-refractivity contribution < 1.29 is 9.18 Å². The molecule has 0 N–H and O–H groups in total. The number of carbonyl (C=O) groups is 1. The van der Waals surface area contributed by atoms with Gasteiger partial charge in [-0.05, 0) is 49.7 Å². The number of para-hydroxylation sites is 1. The normalized spacial score (nSPS) is 13.8. The molecule has 1 aliphatic rings. The van der Waals surface area contributed by atoms with E-state index in [4.69, 9.17) is 16.7 Å². The van der Waals surface area contributed by atoms with E-state index >= 15 is 0 Å². The molecular weight excluding hydrogens is 463 g/mol. The summed E-state index contributed by atoms with van der Waals surface area (Å²) in [6.07, 6.45) is 0. The second kappa shape index (κ2) is 9.55. The van der Waals surface area contributed by atoms with Crippen LogP contribution >= 0.6 is 11.6 Å². The molecule has 1 fully saturated rings. The molecule has 35 heavy (non-hydrogen) atoms. The maximum absolute atomic E-state index is 14.3. The lowest BCUT2D eigenvalue weighted by Crippen LogP contribution is -2.49. The topological polar surface area (TPSA) is 41.4 Å². The molecule has 1 saturated heterocycles. The van der Waals surface area contributed by atoms with Crippen molar-refractivity contribution in [2.45, 2.75) is 13.8 Å². The van der Waals surface area contributed by atoms with Gasteiger partial charge in [-0.15, -0.1) is 0 Å².